The molecule has 0 saturated heterocycles. The van der Waals surface area contributed by atoms with E-state index in [-0.39, 0.29) is 5.69 Å². The van der Waals surface area contributed by atoms with E-state index in [4.69, 9.17) is 5.26 Å². The van der Waals surface area contributed by atoms with Crippen LogP contribution in [0, 0.1) is 17.2 Å². The minimum Gasteiger partial charge on any atom is -0.355 e. The van der Waals surface area contributed by atoms with E-state index in [1.807, 2.05) is 19.1 Å². The van der Waals surface area contributed by atoms with E-state index in [0.29, 0.717) is 11.9 Å². The van der Waals surface area contributed by atoms with E-state index in [0.717, 1.165) is 17.5 Å². The molecule has 1 heterocycles. The van der Waals surface area contributed by atoms with Crippen LogP contribution >= 0.6 is 11.5 Å². The third-order valence-electron chi connectivity index (χ3n) is 3.09. The molecule has 0 aliphatic heterocycles. The summed E-state index contributed by atoms with van der Waals surface area (Å²) in [6, 6.07) is 9.07. The lowest BCUT2D eigenvalue weighted by Crippen LogP contribution is -2.35. The highest BCUT2D eigenvalue weighted by Gasteiger charge is 2.30. The molecule has 0 fully saturated rings. The van der Waals surface area contributed by atoms with E-state index in [1.54, 1.807) is 18.2 Å². The van der Waals surface area contributed by atoms with Gasteiger partial charge in [0.2, 0.25) is 11.7 Å². The smallest absolute Gasteiger partial charge is 0.245 e. The Morgan fingerprint density at radius 3 is 2.90 bits per heavy atom. The van der Waals surface area contributed by atoms with Crippen molar-refractivity contribution in [1.82, 2.24) is 9.69 Å². The second-order valence-corrected chi connectivity index (χ2v) is 5.40. The van der Waals surface area contributed by atoms with Crippen LogP contribution in [0.3, 0.4) is 0 Å². The van der Waals surface area contributed by atoms with Gasteiger partial charge in [0.25, 0.3) is 0 Å². The van der Waals surface area contributed by atoms with Gasteiger partial charge in [-0.25, -0.2) is 0 Å². The maximum atomic E-state index is 12.4. The van der Waals surface area contributed by atoms with Gasteiger partial charge in [0.15, 0.2) is 5.92 Å². The highest BCUT2D eigenvalue weighted by molar-refractivity contribution is 7.13. The average Bonchev–Trinajstić information content (AvgIpc) is 2.92. The van der Waals surface area contributed by atoms with Gasteiger partial charge in [-0.15, -0.1) is 0 Å². The summed E-state index contributed by atoms with van der Waals surface area (Å²) < 4.78 is 4.97. The maximum absolute atomic E-state index is 12.4. The summed E-state index contributed by atoms with van der Waals surface area (Å²) in [5, 5.41) is 12.4. The maximum Gasteiger partial charge on any atom is 0.245 e. The third-order valence-corrected chi connectivity index (χ3v) is 3.92. The summed E-state index contributed by atoms with van der Waals surface area (Å²) >= 11 is 1.19. The first kappa shape index (κ1) is 15.1. The molecule has 0 aliphatic carbocycles. The van der Waals surface area contributed by atoms with Crippen molar-refractivity contribution in [3.63, 3.8) is 0 Å². The first-order chi connectivity index (χ1) is 10.2. The molecule has 1 aromatic carbocycles. The highest BCUT2D eigenvalue weighted by Crippen LogP contribution is 2.24. The normalized spacial score (nSPS) is 11.8. The molecule has 0 aliphatic rings. The number of amides is 1. The lowest BCUT2D eigenvalue weighted by atomic mass is 10.00. The molecule has 0 saturated carbocycles. The van der Waals surface area contributed by atoms with E-state index in [2.05, 4.69) is 9.69 Å². The fraction of sp³-hybridized carbons (Fsp3) is 0.333. The summed E-state index contributed by atoms with van der Waals surface area (Å²) in [4.78, 5) is 24.3. The van der Waals surface area contributed by atoms with Crippen LogP contribution in [0.4, 0.5) is 0 Å². The van der Waals surface area contributed by atoms with Crippen LogP contribution in [0.5, 0.6) is 0 Å². The molecule has 21 heavy (non-hydrogen) atoms. The number of unbranched alkanes of at least 4 members (excludes halogenated alkanes) is 1. The van der Waals surface area contributed by atoms with Gasteiger partial charge in [0, 0.05) is 11.9 Å². The molecule has 0 bridgehead atoms. The summed E-state index contributed by atoms with van der Waals surface area (Å²) in [5.74, 6) is -2.43. The van der Waals surface area contributed by atoms with Crippen molar-refractivity contribution in [3.05, 3.63) is 30.0 Å². The Balaban J connectivity index is 2.21. The first-order valence-electron chi connectivity index (χ1n) is 6.75. The Morgan fingerprint density at radius 1 is 1.43 bits per heavy atom. The van der Waals surface area contributed by atoms with Crippen molar-refractivity contribution in [2.45, 2.75) is 19.8 Å². The monoisotopic (exact) mass is 301 g/mol. The second-order valence-electron chi connectivity index (χ2n) is 4.60. The highest BCUT2D eigenvalue weighted by atomic mass is 32.1. The topological polar surface area (TPSA) is 82.9 Å². The van der Waals surface area contributed by atoms with Gasteiger partial charge < -0.3 is 5.32 Å². The molecular formula is C15H15N3O2S. The lowest BCUT2D eigenvalue weighted by Gasteiger charge is -2.08. The van der Waals surface area contributed by atoms with Crippen LogP contribution in [0.25, 0.3) is 10.1 Å². The molecule has 1 amide bonds. The summed E-state index contributed by atoms with van der Waals surface area (Å²) in [5.41, 5.74) is 0.202. The van der Waals surface area contributed by atoms with Gasteiger partial charge in [-0.05, 0) is 24.0 Å². The summed E-state index contributed by atoms with van der Waals surface area (Å²) in [7, 11) is 0. The first-order valence-corrected chi connectivity index (χ1v) is 7.52. The molecule has 0 radical (unpaired) electrons. The Kier molecular flexibility index (Phi) is 5.01. The molecule has 0 spiro atoms. The van der Waals surface area contributed by atoms with Gasteiger partial charge in [0.05, 0.1) is 10.8 Å². The average molecular weight is 301 g/mol. The fourth-order valence-corrected chi connectivity index (χ4v) is 2.71. The number of aromatic nitrogens is 1. The number of Topliss-reactive ketones (excluding diaryl/α,β-unsaturated/α-hetero) is 1. The number of nitrogens with one attached hydrogen (secondary N) is 1. The number of fused-ring (bicyclic) bond motifs is 1. The number of nitriles is 1. The van der Waals surface area contributed by atoms with Gasteiger partial charge in [0.1, 0.15) is 5.69 Å². The van der Waals surface area contributed by atoms with Crippen molar-refractivity contribution in [1.29, 1.82) is 5.26 Å². The molecule has 2 rings (SSSR count). The van der Waals surface area contributed by atoms with Gasteiger partial charge in [-0.3, -0.25) is 9.59 Å². The molecule has 1 unspecified atom stereocenters. The minimum absolute atomic E-state index is 0.202. The molecule has 108 valence electrons. The summed E-state index contributed by atoms with van der Waals surface area (Å²) in [6.07, 6.45) is 1.75. The lowest BCUT2D eigenvalue weighted by molar-refractivity contribution is -0.122. The van der Waals surface area contributed by atoms with Crippen LogP contribution in [0.2, 0.25) is 0 Å². The van der Waals surface area contributed by atoms with Gasteiger partial charge in [-0.2, -0.15) is 9.64 Å². The Bertz CT molecular complexity index is 702. The fourth-order valence-electron chi connectivity index (χ4n) is 1.93. The van der Waals surface area contributed by atoms with Crippen molar-refractivity contribution in [2.75, 3.05) is 6.54 Å². The van der Waals surface area contributed by atoms with Crippen LogP contribution in [0.1, 0.15) is 30.3 Å². The zero-order valence-corrected chi connectivity index (χ0v) is 12.4. The quantitative estimate of drug-likeness (QED) is 0.505. The third kappa shape index (κ3) is 3.26. The number of nitrogens with zero attached hydrogens (tertiary/aromatic N) is 2. The molecule has 1 atom stereocenters. The van der Waals surface area contributed by atoms with E-state index in [9.17, 15) is 9.59 Å². The summed E-state index contributed by atoms with van der Waals surface area (Å²) in [6.45, 7) is 2.47. The van der Waals surface area contributed by atoms with Crippen LogP contribution in [-0.4, -0.2) is 22.6 Å². The SMILES string of the molecule is CCCCNC(=O)C(C#N)C(=O)c1nsc2ccccc12. The number of carbonyl (C=O) groups is 2. The number of ketones is 1. The van der Waals surface area contributed by atoms with E-state index < -0.39 is 17.6 Å². The standard InChI is InChI=1S/C15H15N3O2S/c1-2-3-8-17-15(20)11(9-16)14(19)13-10-6-4-5-7-12(10)21-18-13/h4-7,11H,2-3,8H2,1H3,(H,17,20). The van der Waals surface area contributed by atoms with Gasteiger partial charge in [-0.1, -0.05) is 31.5 Å². The number of hydrogen-bond acceptors (Lipinski definition) is 5. The Morgan fingerprint density at radius 2 is 2.19 bits per heavy atom. The second kappa shape index (κ2) is 6.95. The molecule has 1 aromatic heterocycles. The Labute approximate surface area is 126 Å². The largest absolute Gasteiger partial charge is 0.355 e. The number of carbonyl (C=O) groups excluding carboxylic acids is 2. The zero-order valence-electron chi connectivity index (χ0n) is 11.6. The van der Waals surface area contributed by atoms with Crippen molar-refractivity contribution < 1.29 is 9.59 Å². The van der Waals surface area contributed by atoms with E-state index >= 15 is 0 Å². The van der Waals surface area contributed by atoms with Crippen LogP contribution < -0.4 is 5.32 Å². The zero-order chi connectivity index (χ0) is 15.2. The molecule has 6 heteroatoms. The predicted molar refractivity (Wildman–Crippen MR) is 81.0 cm³/mol. The minimum atomic E-state index is -1.34. The van der Waals surface area contributed by atoms with Crippen molar-refractivity contribution >= 4 is 33.3 Å². The van der Waals surface area contributed by atoms with Crippen LogP contribution in [0.15, 0.2) is 24.3 Å². The molecule has 1 N–H and O–H groups in total. The van der Waals surface area contributed by atoms with Gasteiger partial charge >= 0.3 is 0 Å². The molecule has 2 aromatic rings. The number of hydrogen-bond donors (Lipinski definition) is 1. The molecule has 5 nitrogen and oxygen atoms in total. The van der Waals surface area contributed by atoms with E-state index in [1.165, 1.54) is 11.5 Å². The van der Waals surface area contributed by atoms with Crippen LogP contribution in [-0.2, 0) is 4.79 Å². The number of rotatable bonds is 6. The molecular weight excluding hydrogens is 286 g/mol. The van der Waals surface area contributed by atoms with Crippen molar-refractivity contribution in [3.8, 4) is 6.07 Å². The van der Waals surface area contributed by atoms with Crippen molar-refractivity contribution in [2.24, 2.45) is 5.92 Å². The Hall–Kier alpha value is -2.26. The number of benzene rings is 1. The predicted octanol–water partition coefficient (Wildman–Crippen LogP) is 2.54.